The van der Waals surface area contributed by atoms with E-state index in [4.69, 9.17) is 5.11 Å². The van der Waals surface area contributed by atoms with Gasteiger partial charge in [-0.3, -0.25) is 9.59 Å². The Morgan fingerprint density at radius 2 is 1.81 bits per heavy atom. The molecular formula is C13H22O3. The maximum atomic E-state index is 11.7. The molecule has 3 nitrogen and oxygen atoms in total. The molecule has 0 heterocycles. The lowest BCUT2D eigenvalue weighted by atomic mass is 10.0. The minimum Gasteiger partial charge on any atom is -0.393 e. The van der Waals surface area contributed by atoms with E-state index < -0.39 is 6.10 Å². The highest BCUT2D eigenvalue weighted by Gasteiger charge is 2.09. The van der Waals surface area contributed by atoms with Gasteiger partial charge in [0.1, 0.15) is 5.78 Å². The lowest BCUT2D eigenvalue weighted by molar-refractivity contribution is -0.122. The van der Waals surface area contributed by atoms with Crippen molar-refractivity contribution in [3.8, 4) is 0 Å². The second-order valence-electron chi connectivity index (χ2n) is 3.98. The monoisotopic (exact) mass is 226 g/mol. The molecule has 0 rings (SSSR count). The third-order valence-electron chi connectivity index (χ3n) is 2.47. The van der Waals surface area contributed by atoms with Crippen molar-refractivity contribution in [2.45, 2.75) is 59.0 Å². The molecule has 0 bridgehead atoms. The molecule has 1 N–H and O–H groups in total. The second-order valence-corrected chi connectivity index (χ2v) is 3.98. The Morgan fingerprint density at radius 1 is 1.19 bits per heavy atom. The number of ketones is 2. The maximum Gasteiger partial charge on any atom is 0.158 e. The van der Waals surface area contributed by atoms with E-state index in [1.807, 2.05) is 6.92 Å². The number of hydrogen-bond acceptors (Lipinski definition) is 3. The fraction of sp³-hybridized carbons (Fsp3) is 0.692. The highest BCUT2D eigenvalue weighted by molar-refractivity contribution is 5.97. The van der Waals surface area contributed by atoms with Gasteiger partial charge in [0.2, 0.25) is 0 Å². The summed E-state index contributed by atoms with van der Waals surface area (Å²) >= 11 is 0. The van der Waals surface area contributed by atoms with Crippen molar-refractivity contribution in [1.82, 2.24) is 0 Å². The Bertz CT molecular complexity index is 264. The average Bonchev–Trinajstić information content (AvgIpc) is 2.26. The highest BCUT2D eigenvalue weighted by Crippen LogP contribution is 2.10. The lowest BCUT2D eigenvalue weighted by Crippen LogP contribution is -2.07. The van der Waals surface area contributed by atoms with Gasteiger partial charge in [0.15, 0.2) is 5.78 Å². The Kier molecular flexibility index (Phi) is 7.73. The summed E-state index contributed by atoms with van der Waals surface area (Å²) in [7, 11) is 0. The van der Waals surface area contributed by atoms with Crippen molar-refractivity contribution in [3.63, 3.8) is 0 Å². The van der Waals surface area contributed by atoms with E-state index in [0.717, 1.165) is 5.57 Å². The van der Waals surface area contributed by atoms with Crippen LogP contribution in [0, 0.1) is 0 Å². The van der Waals surface area contributed by atoms with Crippen molar-refractivity contribution in [3.05, 3.63) is 11.6 Å². The van der Waals surface area contributed by atoms with Crippen LogP contribution < -0.4 is 0 Å². The Morgan fingerprint density at radius 3 is 2.25 bits per heavy atom. The first-order chi connectivity index (χ1) is 7.51. The normalized spacial score (nSPS) is 13.6. The third kappa shape index (κ3) is 6.51. The highest BCUT2D eigenvalue weighted by atomic mass is 16.3. The van der Waals surface area contributed by atoms with E-state index >= 15 is 0 Å². The molecular weight excluding hydrogens is 204 g/mol. The molecule has 0 saturated heterocycles. The van der Waals surface area contributed by atoms with Gasteiger partial charge >= 0.3 is 0 Å². The van der Waals surface area contributed by atoms with Crippen LogP contribution in [0.25, 0.3) is 0 Å². The summed E-state index contributed by atoms with van der Waals surface area (Å²) in [6, 6.07) is 0. The summed E-state index contributed by atoms with van der Waals surface area (Å²) in [5.74, 6) is 0.157. The molecule has 0 aromatic rings. The van der Waals surface area contributed by atoms with Crippen molar-refractivity contribution in [2.75, 3.05) is 0 Å². The first kappa shape index (κ1) is 15.0. The molecule has 0 amide bonds. The summed E-state index contributed by atoms with van der Waals surface area (Å²) in [6.07, 6.45) is 3.64. The number of carbonyl (C=O) groups excluding carboxylic acids is 2. The smallest absolute Gasteiger partial charge is 0.158 e. The summed E-state index contributed by atoms with van der Waals surface area (Å²) < 4.78 is 0. The summed E-state index contributed by atoms with van der Waals surface area (Å²) in [4.78, 5) is 22.8. The fourth-order valence-electron chi connectivity index (χ4n) is 1.36. The van der Waals surface area contributed by atoms with Gasteiger partial charge < -0.3 is 5.11 Å². The van der Waals surface area contributed by atoms with Crippen molar-refractivity contribution in [1.29, 1.82) is 0 Å². The molecule has 0 aromatic carbocycles. The van der Waals surface area contributed by atoms with E-state index in [1.165, 1.54) is 0 Å². The molecule has 16 heavy (non-hydrogen) atoms. The third-order valence-corrected chi connectivity index (χ3v) is 2.47. The van der Waals surface area contributed by atoms with Gasteiger partial charge in [0.05, 0.1) is 6.10 Å². The number of rotatable bonds is 8. The molecule has 1 unspecified atom stereocenters. The predicted molar refractivity (Wildman–Crippen MR) is 64.2 cm³/mol. The Hall–Kier alpha value is -0.960. The van der Waals surface area contributed by atoms with E-state index in [9.17, 15) is 9.59 Å². The van der Waals surface area contributed by atoms with Gasteiger partial charge in [0.25, 0.3) is 0 Å². The lowest BCUT2D eigenvalue weighted by Gasteiger charge is -2.05. The van der Waals surface area contributed by atoms with Crippen LogP contribution in [0.4, 0.5) is 0 Å². The van der Waals surface area contributed by atoms with Gasteiger partial charge in [-0.15, -0.1) is 0 Å². The number of aliphatic hydroxyl groups excluding tert-OH is 1. The minimum atomic E-state index is -0.424. The summed E-state index contributed by atoms with van der Waals surface area (Å²) in [6.45, 7) is 5.40. The van der Waals surface area contributed by atoms with Gasteiger partial charge in [-0.05, 0) is 25.3 Å². The van der Waals surface area contributed by atoms with E-state index in [1.54, 1.807) is 19.9 Å². The van der Waals surface area contributed by atoms with Crippen LogP contribution >= 0.6 is 0 Å². The standard InChI is InChI=1S/C13H22O3/c1-4-11(7-6-10(3)14)13(16)9-8-12(15)5-2/h7,10,14H,4-6,8-9H2,1-3H3/b11-7+. The molecule has 0 spiro atoms. The molecule has 0 saturated carbocycles. The topological polar surface area (TPSA) is 54.4 Å². The Labute approximate surface area is 97.5 Å². The second kappa shape index (κ2) is 8.22. The molecule has 92 valence electrons. The van der Waals surface area contributed by atoms with E-state index in [2.05, 4.69) is 0 Å². The number of carbonyl (C=O) groups is 2. The van der Waals surface area contributed by atoms with Gasteiger partial charge in [-0.1, -0.05) is 19.9 Å². The van der Waals surface area contributed by atoms with E-state index in [-0.39, 0.29) is 11.6 Å². The molecule has 0 fully saturated rings. The SMILES string of the molecule is CCC(=O)CCC(=O)/C(=C/CC(C)O)CC. The molecule has 0 radical (unpaired) electrons. The fourth-order valence-corrected chi connectivity index (χ4v) is 1.36. The van der Waals surface area contributed by atoms with Crippen LogP contribution in [-0.2, 0) is 9.59 Å². The number of hydrogen-bond donors (Lipinski definition) is 1. The van der Waals surface area contributed by atoms with Crippen LogP contribution in [0.3, 0.4) is 0 Å². The zero-order valence-electron chi connectivity index (χ0n) is 10.5. The first-order valence-electron chi connectivity index (χ1n) is 5.93. The molecule has 3 heteroatoms. The molecule has 0 aromatic heterocycles. The Balaban J connectivity index is 4.21. The quantitative estimate of drug-likeness (QED) is 0.647. The van der Waals surface area contributed by atoms with Crippen molar-refractivity contribution in [2.24, 2.45) is 0 Å². The summed E-state index contributed by atoms with van der Waals surface area (Å²) in [5.41, 5.74) is 0.727. The predicted octanol–water partition coefficient (Wildman–Crippen LogP) is 2.42. The van der Waals surface area contributed by atoms with Gasteiger partial charge in [-0.25, -0.2) is 0 Å². The average molecular weight is 226 g/mol. The van der Waals surface area contributed by atoms with Gasteiger partial charge in [0, 0.05) is 19.3 Å². The van der Waals surface area contributed by atoms with E-state index in [0.29, 0.717) is 32.1 Å². The van der Waals surface area contributed by atoms with Crippen LogP contribution in [-0.4, -0.2) is 22.8 Å². The number of allylic oxidation sites excluding steroid dienone is 1. The van der Waals surface area contributed by atoms with Crippen LogP contribution in [0.15, 0.2) is 11.6 Å². The molecule has 0 aliphatic rings. The van der Waals surface area contributed by atoms with Gasteiger partial charge in [-0.2, -0.15) is 0 Å². The van der Waals surface area contributed by atoms with Crippen molar-refractivity contribution >= 4 is 11.6 Å². The van der Waals surface area contributed by atoms with Crippen LogP contribution in [0.5, 0.6) is 0 Å². The van der Waals surface area contributed by atoms with Crippen LogP contribution in [0.1, 0.15) is 52.9 Å². The zero-order valence-corrected chi connectivity index (χ0v) is 10.5. The first-order valence-corrected chi connectivity index (χ1v) is 5.93. The van der Waals surface area contributed by atoms with Crippen molar-refractivity contribution < 1.29 is 14.7 Å². The summed E-state index contributed by atoms with van der Waals surface area (Å²) in [5, 5.41) is 9.12. The maximum absolute atomic E-state index is 11.7. The number of aliphatic hydroxyl groups is 1. The largest absolute Gasteiger partial charge is 0.393 e. The van der Waals surface area contributed by atoms with Crippen LogP contribution in [0.2, 0.25) is 0 Å². The molecule has 1 atom stereocenters. The number of Topliss-reactive ketones (excluding diaryl/α,β-unsaturated/α-hetero) is 2. The molecule has 0 aliphatic heterocycles. The minimum absolute atomic E-state index is 0.0324. The molecule has 0 aliphatic carbocycles. The zero-order chi connectivity index (χ0) is 12.6.